The van der Waals surface area contributed by atoms with Crippen LogP contribution in [0.1, 0.15) is 17.1 Å². The van der Waals surface area contributed by atoms with E-state index in [2.05, 4.69) is 10.1 Å². The SMILES string of the molecule is COc1ccc(-c2nc(C[S@@](=O)Cc3cc(C)no3)cs2)cc1. The van der Waals surface area contributed by atoms with Gasteiger partial charge in [0.05, 0.1) is 30.0 Å². The molecule has 0 unspecified atom stereocenters. The fraction of sp³-hybridized carbons (Fsp3) is 0.250. The Morgan fingerprint density at radius 2 is 2.04 bits per heavy atom. The lowest BCUT2D eigenvalue weighted by molar-refractivity contribution is 0.390. The largest absolute Gasteiger partial charge is 0.497 e. The zero-order chi connectivity index (χ0) is 16.2. The first kappa shape index (κ1) is 15.9. The van der Waals surface area contributed by atoms with Crippen molar-refractivity contribution in [2.75, 3.05) is 7.11 Å². The summed E-state index contributed by atoms with van der Waals surface area (Å²) in [6, 6.07) is 9.55. The van der Waals surface area contributed by atoms with Gasteiger partial charge in [-0.25, -0.2) is 4.98 Å². The molecule has 0 aliphatic rings. The number of rotatable bonds is 6. The number of aryl methyl sites for hydroxylation is 1. The minimum Gasteiger partial charge on any atom is -0.497 e. The number of methoxy groups -OCH3 is 1. The Balaban J connectivity index is 1.65. The molecule has 3 aromatic rings. The number of nitrogens with zero attached hydrogens (tertiary/aromatic N) is 2. The third kappa shape index (κ3) is 4.05. The van der Waals surface area contributed by atoms with E-state index < -0.39 is 10.8 Å². The van der Waals surface area contributed by atoms with Crippen LogP contribution >= 0.6 is 11.3 Å². The average molecular weight is 348 g/mol. The lowest BCUT2D eigenvalue weighted by Crippen LogP contribution is -1.99. The summed E-state index contributed by atoms with van der Waals surface area (Å²) in [5.41, 5.74) is 2.65. The molecule has 0 saturated heterocycles. The molecule has 3 rings (SSSR count). The highest BCUT2D eigenvalue weighted by atomic mass is 32.2. The van der Waals surface area contributed by atoms with E-state index in [1.54, 1.807) is 18.4 Å². The van der Waals surface area contributed by atoms with Crippen LogP contribution in [0.2, 0.25) is 0 Å². The van der Waals surface area contributed by atoms with Crippen molar-refractivity contribution in [2.24, 2.45) is 0 Å². The summed E-state index contributed by atoms with van der Waals surface area (Å²) in [6.07, 6.45) is 0. The second-order valence-corrected chi connectivity index (χ2v) is 7.35. The zero-order valence-corrected chi connectivity index (χ0v) is 14.4. The fourth-order valence-corrected chi connectivity index (χ4v) is 4.06. The van der Waals surface area contributed by atoms with Gasteiger partial charge in [-0.3, -0.25) is 4.21 Å². The summed E-state index contributed by atoms with van der Waals surface area (Å²) >= 11 is 1.55. The van der Waals surface area contributed by atoms with E-state index in [1.165, 1.54) is 0 Å². The monoisotopic (exact) mass is 348 g/mol. The van der Waals surface area contributed by atoms with Crippen LogP contribution in [0.15, 0.2) is 40.2 Å². The average Bonchev–Trinajstić information content (AvgIpc) is 3.16. The molecule has 0 aliphatic carbocycles. The predicted octanol–water partition coefficient (Wildman–Crippen LogP) is 3.56. The Labute approximate surface area is 140 Å². The van der Waals surface area contributed by atoms with Gasteiger partial charge in [0.25, 0.3) is 0 Å². The molecule has 23 heavy (non-hydrogen) atoms. The maximum absolute atomic E-state index is 12.2. The van der Waals surface area contributed by atoms with Crippen LogP contribution in [-0.2, 0) is 22.3 Å². The highest BCUT2D eigenvalue weighted by molar-refractivity contribution is 7.83. The van der Waals surface area contributed by atoms with Gasteiger partial charge in [-0.15, -0.1) is 11.3 Å². The molecule has 0 fully saturated rings. The van der Waals surface area contributed by atoms with Gasteiger partial charge in [0.15, 0.2) is 0 Å². The Morgan fingerprint density at radius 3 is 2.70 bits per heavy atom. The highest BCUT2D eigenvalue weighted by Crippen LogP contribution is 2.26. The molecule has 0 N–H and O–H groups in total. The molecule has 0 amide bonds. The summed E-state index contributed by atoms with van der Waals surface area (Å²) in [5, 5.41) is 6.66. The topological polar surface area (TPSA) is 65.2 Å². The summed E-state index contributed by atoms with van der Waals surface area (Å²) in [7, 11) is 0.574. The number of aromatic nitrogens is 2. The molecule has 120 valence electrons. The van der Waals surface area contributed by atoms with Gasteiger partial charge in [-0.2, -0.15) is 0 Å². The molecular formula is C16H16N2O3S2. The van der Waals surface area contributed by atoms with Gasteiger partial charge < -0.3 is 9.26 Å². The van der Waals surface area contributed by atoms with Crippen molar-refractivity contribution >= 4 is 22.1 Å². The molecule has 0 bridgehead atoms. The van der Waals surface area contributed by atoms with Crippen LogP contribution in [0.5, 0.6) is 5.75 Å². The van der Waals surface area contributed by atoms with E-state index in [0.717, 1.165) is 27.7 Å². The van der Waals surface area contributed by atoms with Crippen molar-refractivity contribution in [2.45, 2.75) is 18.4 Å². The van der Waals surface area contributed by atoms with E-state index in [-0.39, 0.29) is 0 Å². The summed E-state index contributed by atoms with van der Waals surface area (Å²) in [5.74, 6) is 2.23. The second-order valence-electron chi connectivity index (χ2n) is 5.04. The quantitative estimate of drug-likeness (QED) is 0.681. The molecular weight excluding hydrogens is 332 g/mol. The molecule has 0 saturated carbocycles. The van der Waals surface area contributed by atoms with Crippen LogP contribution in [0.25, 0.3) is 10.6 Å². The van der Waals surface area contributed by atoms with Crippen LogP contribution in [0, 0.1) is 6.92 Å². The van der Waals surface area contributed by atoms with E-state index >= 15 is 0 Å². The van der Waals surface area contributed by atoms with E-state index in [0.29, 0.717) is 17.3 Å². The van der Waals surface area contributed by atoms with Gasteiger partial charge in [0.1, 0.15) is 16.5 Å². The number of ether oxygens (including phenoxy) is 1. The predicted molar refractivity (Wildman–Crippen MR) is 90.9 cm³/mol. The van der Waals surface area contributed by atoms with Gasteiger partial charge in [-0.1, -0.05) is 5.16 Å². The lowest BCUT2D eigenvalue weighted by Gasteiger charge is -2.00. The standard InChI is InChI=1S/C16H16N2O3S2/c1-11-7-15(21-18-11)10-23(19)9-13-8-22-16(17-13)12-3-5-14(20-2)6-4-12/h3-8H,9-10H2,1-2H3/t23-/m1/s1. The lowest BCUT2D eigenvalue weighted by atomic mass is 10.2. The third-order valence-electron chi connectivity index (χ3n) is 3.18. The molecule has 0 aliphatic heterocycles. The molecule has 0 spiro atoms. The van der Waals surface area contributed by atoms with Crippen molar-refractivity contribution in [1.82, 2.24) is 10.1 Å². The molecule has 7 heteroatoms. The first-order valence-electron chi connectivity index (χ1n) is 7.00. The Bertz CT molecular complexity index is 809. The van der Waals surface area contributed by atoms with Crippen molar-refractivity contribution < 1.29 is 13.5 Å². The van der Waals surface area contributed by atoms with Crippen LogP contribution in [0.4, 0.5) is 0 Å². The molecule has 2 heterocycles. The van der Waals surface area contributed by atoms with Crippen molar-refractivity contribution in [1.29, 1.82) is 0 Å². The first-order valence-corrected chi connectivity index (χ1v) is 9.37. The first-order chi connectivity index (χ1) is 11.1. The number of thiazole rings is 1. The Morgan fingerprint density at radius 1 is 1.26 bits per heavy atom. The van der Waals surface area contributed by atoms with Crippen LogP contribution in [0.3, 0.4) is 0 Å². The van der Waals surface area contributed by atoms with Gasteiger partial charge in [-0.05, 0) is 31.2 Å². The molecule has 1 atom stereocenters. The van der Waals surface area contributed by atoms with E-state index in [1.807, 2.05) is 42.6 Å². The number of benzene rings is 1. The van der Waals surface area contributed by atoms with Gasteiger partial charge >= 0.3 is 0 Å². The minimum absolute atomic E-state index is 0.357. The highest BCUT2D eigenvalue weighted by Gasteiger charge is 2.11. The maximum atomic E-state index is 12.2. The van der Waals surface area contributed by atoms with Crippen molar-refractivity contribution in [3.05, 3.63) is 52.9 Å². The summed E-state index contributed by atoms with van der Waals surface area (Å²) < 4.78 is 22.4. The maximum Gasteiger partial charge on any atom is 0.149 e. The summed E-state index contributed by atoms with van der Waals surface area (Å²) in [6.45, 7) is 1.84. The van der Waals surface area contributed by atoms with Crippen molar-refractivity contribution in [3.8, 4) is 16.3 Å². The fourth-order valence-electron chi connectivity index (χ4n) is 2.10. The minimum atomic E-state index is -1.07. The summed E-state index contributed by atoms with van der Waals surface area (Å²) in [4.78, 5) is 4.56. The van der Waals surface area contributed by atoms with E-state index in [9.17, 15) is 4.21 Å². The number of hydrogen-bond donors (Lipinski definition) is 0. The van der Waals surface area contributed by atoms with Gasteiger partial charge in [0, 0.05) is 27.8 Å². The molecule has 1 aromatic carbocycles. The Kier molecular flexibility index (Phi) is 4.88. The van der Waals surface area contributed by atoms with Gasteiger partial charge in [0.2, 0.25) is 0 Å². The second kappa shape index (κ2) is 7.06. The third-order valence-corrected chi connectivity index (χ3v) is 5.34. The zero-order valence-electron chi connectivity index (χ0n) is 12.8. The molecule has 5 nitrogen and oxygen atoms in total. The molecule has 0 radical (unpaired) electrons. The van der Waals surface area contributed by atoms with Crippen LogP contribution in [-0.4, -0.2) is 21.5 Å². The number of hydrogen-bond acceptors (Lipinski definition) is 6. The molecule has 2 aromatic heterocycles. The Hall–Kier alpha value is -1.99. The van der Waals surface area contributed by atoms with Crippen LogP contribution < -0.4 is 4.74 Å². The van der Waals surface area contributed by atoms with Crippen molar-refractivity contribution in [3.63, 3.8) is 0 Å². The smallest absolute Gasteiger partial charge is 0.149 e. The normalized spacial score (nSPS) is 12.3. The van der Waals surface area contributed by atoms with E-state index in [4.69, 9.17) is 9.26 Å².